The molecule has 0 fully saturated rings. The smallest absolute Gasteiger partial charge is 0.126 e. The van der Waals surface area contributed by atoms with Crippen molar-refractivity contribution in [2.75, 3.05) is 0 Å². The van der Waals surface area contributed by atoms with E-state index in [1.165, 1.54) is 6.07 Å². The number of benzene rings is 2. The quantitative estimate of drug-likeness (QED) is 0.598. The summed E-state index contributed by atoms with van der Waals surface area (Å²) in [4.78, 5) is 0. The zero-order chi connectivity index (χ0) is 12.8. The highest BCUT2D eigenvalue weighted by atomic mass is 35.5. The minimum absolute atomic E-state index is 0.132. The van der Waals surface area contributed by atoms with Crippen LogP contribution in [0.5, 0.6) is 0 Å². The van der Waals surface area contributed by atoms with Crippen molar-refractivity contribution in [1.82, 2.24) is 0 Å². The summed E-state index contributed by atoms with van der Waals surface area (Å²) < 4.78 is 12.3. The van der Waals surface area contributed by atoms with Gasteiger partial charge in [0.05, 0.1) is 10.0 Å². The fourth-order valence-corrected chi connectivity index (χ4v) is 1.50. The predicted molar refractivity (Wildman–Crippen MR) is 72.3 cm³/mol. The Hall–Kier alpha value is -1.05. The summed E-state index contributed by atoms with van der Waals surface area (Å²) in [5.74, 6) is -0.132. The molecule has 0 radical (unpaired) electrons. The van der Waals surface area contributed by atoms with Crippen molar-refractivity contribution >= 4 is 23.2 Å². The normalized spacial score (nSPS) is 9.47. The molecule has 90 valence electrons. The lowest BCUT2D eigenvalue weighted by Crippen LogP contribution is -1.76. The molecule has 0 amide bonds. The van der Waals surface area contributed by atoms with Gasteiger partial charge >= 0.3 is 0 Å². The first-order chi connectivity index (χ1) is 8.00. The number of hydrogen-bond acceptors (Lipinski definition) is 0. The van der Waals surface area contributed by atoms with Crippen LogP contribution >= 0.6 is 23.2 Å². The summed E-state index contributed by atoms with van der Waals surface area (Å²) in [6.45, 7) is 3.72. The summed E-state index contributed by atoms with van der Waals surface area (Å²) in [5, 5.41) is 1.24. The van der Waals surface area contributed by atoms with Crippen LogP contribution in [-0.4, -0.2) is 0 Å². The predicted octanol–water partition coefficient (Wildman–Crippen LogP) is 5.44. The molecule has 0 atom stereocenters. The van der Waals surface area contributed by atoms with Crippen LogP contribution in [0.25, 0.3) is 0 Å². The summed E-state index contributed by atoms with van der Waals surface area (Å²) in [7, 11) is 0. The molecule has 0 spiro atoms. The highest BCUT2D eigenvalue weighted by molar-refractivity contribution is 6.41. The van der Waals surface area contributed by atoms with Gasteiger partial charge in [0, 0.05) is 0 Å². The maximum absolute atomic E-state index is 12.3. The van der Waals surface area contributed by atoms with E-state index in [2.05, 4.69) is 0 Å². The van der Waals surface area contributed by atoms with E-state index < -0.39 is 0 Å². The van der Waals surface area contributed by atoms with Crippen LogP contribution < -0.4 is 0 Å². The van der Waals surface area contributed by atoms with Gasteiger partial charge in [-0.1, -0.05) is 47.5 Å². The maximum atomic E-state index is 12.3. The summed E-state index contributed by atoms with van der Waals surface area (Å²) in [6.07, 6.45) is 0. The van der Waals surface area contributed by atoms with Crippen LogP contribution in [0.3, 0.4) is 0 Å². The fraction of sp³-hybridized carbons (Fsp3) is 0.143. The third kappa shape index (κ3) is 4.76. The summed E-state index contributed by atoms with van der Waals surface area (Å²) >= 11 is 11.3. The van der Waals surface area contributed by atoms with Crippen molar-refractivity contribution < 1.29 is 4.39 Å². The van der Waals surface area contributed by atoms with Crippen LogP contribution in [0.2, 0.25) is 10.0 Å². The molecule has 0 saturated carbocycles. The molecule has 0 saturated heterocycles. The molecule has 3 heteroatoms. The second-order valence-electron chi connectivity index (χ2n) is 3.67. The Bertz CT molecular complexity index is 474. The van der Waals surface area contributed by atoms with Crippen LogP contribution in [0.4, 0.5) is 4.39 Å². The van der Waals surface area contributed by atoms with Gasteiger partial charge in [0.1, 0.15) is 5.82 Å². The minimum atomic E-state index is -0.132. The lowest BCUT2D eigenvalue weighted by Gasteiger charge is -1.94. The number of rotatable bonds is 0. The lowest BCUT2D eigenvalue weighted by molar-refractivity contribution is 0.618. The standard InChI is InChI=1S/C7H6Cl2.C7H7F/c1-5-2-3-6(8)7(9)4-5;1-6-4-2-3-5-7(6)8/h2-4H,1H3;2-5H,1H3. The fourth-order valence-electron chi connectivity index (χ4n) is 1.15. The average Bonchev–Trinajstić information content (AvgIpc) is 2.29. The van der Waals surface area contributed by atoms with Crippen molar-refractivity contribution in [3.8, 4) is 0 Å². The summed E-state index contributed by atoms with van der Waals surface area (Å²) in [5.41, 5.74) is 1.83. The Labute approximate surface area is 111 Å². The zero-order valence-corrected chi connectivity index (χ0v) is 11.2. The van der Waals surface area contributed by atoms with Gasteiger partial charge < -0.3 is 0 Å². The lowest BCUT2D eigenvalue weighted by atomic mass is 10.2. The van der Waals surface area contributed by atoms with Gasteiger partial charge in [0.15, 0.2) is 0 Å². The van der Waals surface area contributed by atoms with Gasteiger partial charge in [0.25, 0.3) is 0 Å². The Morgan fingerprint density at radius 2 is 1.53 bits per heavy atom. The average molecular weight is 271 g/mol. The van der Waals surface area contributed by atoms with E-state index in [1.807, 2.05) is 25.1 Å². The van der Waals surface area contributed by atoms with Crippen molar-refractivity contribution in [3.63, 3.8) is 0 Å². The van der Waals surface area contributed by atoms with E-state index in [0.29, 0.717) is 15.6 Å². The molecule has 0 aliphatic rings. The Morgan fingerprint density at radius 1 is 0.882 bits per heavy atom. The van der Waals surface area contributed by atoms with E-state index in [9.17, 15) is 4.39 Å². The van der Waals surface area contributed by atoms with Crippen molar-refractivity contribution in [1.29, 1.82) is 0 Å². The van der Waals surface area contributed by atoms with Gasteiger partial charge in [-0.05, 0) is 43.2 Å². The number of hydrogen-bond donors (Lipinski definition) is 0. The largest absolute Gasteiger partial charge is 0.207 e. The van der Waals surface area contributed by atoms with E-state index in [1.54, 1.807) is 25.1 Å². The molecule has 0 bridgehead atoms. The zero-order valence-electron chi connectivity index (χ0n) is 9.68. The molecule has 0 unspecified atom stereocenters. The molecule has 17 heavy (non-hydrogen) atoms. The molecule has 0 aliphatic carbocycles. The first-order valence-corrected chi connectivity index (χ1v) is 5.89. The molecular weight excluding hydrogens is 258 g/mol. The Balaban J connectivity index is 0.000000171. The highest BCUT2D eigenvalue weighted by Gasteiger charge is 1.93. The monoisotopic (exact) mass is 270 g/mol. The van der Waals surface area contributed by atoms with Crippen LogP contribution in [0.15, 0.2) is 42.5 Å². The van der Waals surface area contributed by atoms with E-state index in [-0.39, 0.29) is 5.82 Å². The number of aryl methyl sites for hydroxylation is 2. The molecule has 2 aromatic carbocycles. The van der Waals surface area contributed by atoms with Gasteiger partial charge in [-0.25, -0.2) is 4.39 Å². The third-order valence-electron chi connectivity index (χ3n) is 2.15. The van der Waals surface area contributed by atoms with Crippen LogP contribution in [0, 0.1) is 19.7 Å². The molecule has 0 heterocycles. The van der Waals surface area contributed by atoms with Crippen LogP contribution in [0.1, 0.15) is 11.1 Å². The molecule has 0 aliphatic heterocycles. The molecule has 2 rings (SSSR count). The van der Waals surface area contributed by atoms with Crippen molar-refractivity contribution in [2.24, 2.45) is 0 Å². The molecule has 0 nitrogen and oxygen atoms in total. The van der Waals surface area contributed by atoms with E-state index in [4.69, 9.17) is 23.2 Å². The maximum Gasteiger partial charge on any atom is 0.126 e. The molecule has 2 aromatic rings. The third-order valence-corrected chi connectivity index (χ3v) is 2.89. The first-order valence-electron chi connectivity index (χ1n) is 5.13. The van der Waals surface area contributed by atoms with Crippen LogP contribution in [-0.2, 0) is 0 Å². The van der Waals surface area contributed by atoms with Gasteiger partial charge in [-0.15, -0.1) is 0 Å². The van der Waals surface area contributed by atoms with Crippen molar-refractivity contribution in [3.05, 3.63) is 69.5 Å². The highest BCUT2D eigenvalue weighted by Crippen LogP contribution is 2.21. The SMILES string of the molecule is Cc1ccc(Cl)c(Cl)c1.Cc1ccccc1F. The molecular formula is C14H13Cl2F. The van der Waals surface area contributed by atoms with Gasteiger partial charge in [-0.2, -0.15) is 0 Å². The number of halogens is 3. The van der Waals surface area contributed by atoms with Gasteiger partial charge in [0.2, 0.25) is 0 Å². The second-order valence-corrected chi connectivity index (χ2v) is 4.48. The topological polar surface area (TPSA) is 0 Å². The second kappa shape index (κ2) is 6.63. The minimum Gasteiger partial charge on any atom is -0.207 e. The first kappa shape index (κ1) is 14.0. The molecule has 0 aromatic heterocycles. The Morgan fingerprint density at radius 3 is 1.94 bits per heavy atom. The van der Waals surface area contributed by atoms with E-state index in [0.717, 1.165) is 5.56 Å². The van der Waals surface area contributed by atoms with Gasteiger partial charge in [-0.3, -0.25) is 0 Å². The van der Waals surface area contributed by atoms with E-state index >= 15 is 0 Å². The Kier molecular flexibility index (Phi) is 5.46. The summed E-state index contributed by atoms with van der Waals surface area (Å²) in [6, 6.07) is 12.3. The van der Waals surface area contributed by atoms with Crippen molar-refractivity contribution in [2.45, 2.75) is 13.8 Å². The molecule has 0 N–H and O–H groups in total.